The van der Waals surface area contributed by atoms with Gasteiger partial charge in [0, 0.05) is 5.69 Å². The molecule has 1 aromatic carbocycles. The molecular weight excluding hydrogens is 241 g/mol. The van der Waals surface area contributed by atoms with Crippen molar-refractivity contribution in [2.75, 3.05) is 6.54 Å². The summed E-state index contributed by atoms with van der Waals surface area (Å²) < 4.78 is 15.9. The van der Waals surface area contributed by atoms with Crippen LogP contribution in [0.25, 0.3) is 5.69 Å². The number of hydrogen-bond acceptors (Lipinski definition) is 2. The molecule has 0 radical (unpaired) electrons. The van der Waals surface area contributed by atoms with Crippen LogP contribution in [0.15, 0.2) is 18.2 Å². The first-order valence-corrected chi connectivity index (χ1v) is 6.63. The number of benzene rings is 1. The molecule has 0 spiro atoms. The van der Waals surface area contributed by atoms with Gasteiger partial charge in [-0.1, -0.05) is 19.1 Å². The van der Waals surface area contributed by atoms with Crippen molar-refractivity contribution in [2.45, 2.75) is 33.6 Å². The quantitative estimate of drug-likeness (QED) is 0.919. The molecule has 0 unspecified atom stereocenters. The van der Waals surface area contributed by atoms with E-state index < -0.39 is 0 Å². The van der Waals surface area contributed by atoms with Crippen molar-refractivity contribution in [3.8, 4) is 5.69 Å². The van der Waals surface area contributed by atoms with Gasteiger partial charge in [0.2, 0.25) is 0 Å². The number of rotatable bonds is 4. The molecule has 0 aliphatic heterocycles. The molecule has 0 bridgehead atoms. The molecule has 0 atom stereocenters. The van der Waals surface area contributed by atoms with E-state index in [1.807, 2.05) is 19.9 Å². The van der Waals surface area contributed by atoms with E-state index in [0.29, 0.717) is 18.7 Å². The van der Waals surface area contributed by atoms with E-state index in [0.717, 1.165) is 23.4 Å². The molecule has 0 amide bonds. The molecule has 2 aromatic rings. The minimum absolute atomic E-state index is 0.251. The fourth-order valence-electron chi connectivity index (χ4n) is 2.56. The summed E-state index contributed by atoms with van der Waals surface area (Å²) in [6, 6.07) is 5.10. The minimum Gasteiger partial charge on any atom is -0.330 e. The lowest BCUT2D eigenvalue weighted by Crippen LogP contribution is -2.10. The highest BCUT2D eigenvalue weighted by Crippen LogP contribution is 2.23. The van der Waals surface area contributed by atoms with Gasteiger partial charge in [0.15, 0.2) is 0 Å². The van der Waals surface area contributed by atoms with Crippen molar-refractivity contribution in [1.82, 2.24) is 9.78 Å². The Labute approximate surface area is 113 Å². The van der Waals surface area contributed by atoms with Crippen molar-refractivity contribution in [3.05, 3.63) is 46.5 Å². The first-order valence-electron chi connectivity index (χ1n) is 6.63. The molecule has 0 fully saturated rings. The number of halogens is 1. The Balaban J connectivity index is 2.64. The fraction of sp³-hybridized carbons (Fsp3) is 0.400. The van der Waals surface area contributed by atoms with Crippen LogP contribution in [0, 0.1) is 19.7 Å². The van der Waals surface area contributed by atoms with Crippen LogP contribution >= 0.6 is 0 Å². The van der Waals surface area contributed by atoms with Crippen LogP contribution in [0.3, 0.4) is 0 Å². The number of nitrogens with two attached hydrogens (primary N) is 1. The molecular formula is C15H20FN3. The Bertz CT molecular complexity index is 587. The number of aryl methyl sites for hydroxylation is 1. The van der Waals surface area contributed by atoms with Gasteiger partial charge in [-0.15, -0.1) is 0 Å². The van der Waals surface area contributed by atoms with Crippen molar-refractivity contribution in [3.63, 3.8) is 0 Å². The smallest absolute Gasteiger partial charge is 0.149 e. The van der Waals surface area contributed by atoms with Gasteiger partial charge >= 0.3 is 0 Å². The van der Waals surface area contributed by atoms with E-state index in [1.165, 1.54) is 11.6 Å². The van der Waals surface area contributed by atoms with Crippen molar-refractivity contribution < 1.29 is 4.39 Å². The molecule has 102 valence electrons. The average Bonchev–Trinajstić information content (AvgIpc) is 2.65. The second-order valence-electron chi connectivity index (χ2n) is 4.70. The predicted octanol–water partition coefficient (Wildman–Crippen LogP) is 2.69. The van der Waals surface area contributed by atoms with Crippen LogP contribution in [-0.4, -0.2) is 16.3 Å². The number of para-hydroxylation sites is 1. The minimum atomic E-state index is -0.251. The molecule has 0 aliphatic rings. The van der Waals surface area contributed by atoms with Gasteiger partial charge in [-0.3, -0.25) is 0 Å². The highest BCUT2D eigenvalue weighted by molar-refractivity contribution is 5.45. The van der Waals surface area contributed by atoms with Crippen molar-refractivity contribution >= 4 is 0 Å². The van der Waals surface area contributed by atoms with Crippen LogP contribution in [0.5, 0.6) is 0 Å². The maximum Gasteiger partial charge on any atom is 0.149 e. The SMILES string of the molecule is CCc1c(C)nn(-c2c(F)cccc2CCN)c1C. The zero-order valence-electron chi connectivity index (χ0n) is 11.7. The monoisotopic (exact) mass is 261 g/mol. The van der Waals surface area contributed by atoms with Crippen molar-refractivity contribution in [1.29, 1.82) is 0 Å². The molecule has 0 saturated heterocycles. The first-order chi connectivity index (χ1) is 9.10. The molecule has 3 nitrogen and oxygen atoms in total. The van der Waals surface area contributed by atoms with Crippen LogP contribution in [-0.2, 0) is 12.8 Å². The lowest BCUT2D eigenvalue weighted by atomic mass is 10.1. The summed E-state index contributed by atoms with van der Waals surface area (Å²) in [6.45, 7) is 6.53. The van der Waals surface area contributed by atoms with Gasteiger partial charge in [0.05, 0.1) is 5.69 Å². The Morgan fingerprint density at radius 3 is 2.63 bits per heavy atom. The van der Waals surface area contributed by atoms with Crippen LogP contribution in [0.1, 0.15) is 29.4 Å². The Morgan fingerprint density at radius 2 is 2.05 bits per heavy atom. The topological polar surface area (TPSA) is 43.8 Å². The predicted molar refractivity (Wildman–Crippen MR) is 75.1 cm³/mol. The summed E-state index contributed by atoms with van der Waals surface area (Å²) in [6.07, 6.45) is 1.55. The van der Waals surface area contributed by atoms with E-state index in [1.54, 1.807) is 10.7 Å². The van der Waals surface area contributed by atoms with Crippen LogP contribution < -0.4 is 5.73 Å². The highest BCUT2D eigenvalue weighted by atomic mass is 19.1. The van der Waals surface area contributed by atoms with Gasteiger partial charge in [-0.2, -0.15) is 5.10 Å². The third-order valence-electron chi connectivity index (χ3n) is 3.49. The summed E-state index contributed by atoms with van der Waals surface area (Å²) >= 11 is 0. The van der Waals surface area contributed by atoms with Crippen LogP contribution in [0.4, 0.5) is 4.39 Å². The summed E-state index contributed by atoms with van der Waals surface area (Å²) in [5, 5.41) is 4.49. The number of nitrogens with zero attached hydrogens (tertiary/aromatic N) is 2. The molecule has 1 aromatic heterocycles. The molecule has 0 saturated carbocycles. The standard InChI is InChI=1S/C15H20FN3/c1-4-13-10(2)18-19(11(13)3)15-12(8-9-17)6-5-7-14(15)16/h5-7H,4,8-9,17H2,1-3H3. The van der Waals surface area contributed by atoms with Gasteiger partial charge in [0.25, 0.3) is 0 Å². The molecule has 1 heterocycles. The average molecular weight is 261 g/mol. The van der Waals surface area contributed by atoms with E-state index in [9.17, 15) is 4.39 Å². The summed E-state index contributed by atoms with van der Waals surface area (Å²) in [5.74, 6) is -0.251. The van der Waals surface area contributed by atoms with E-state index >= 15 is 0 Å². The summed E-state index contributed by atoms with van der Waals surface area (Å²) in [7, 11) is 0. The lowest BCUT2D eigenvalue weighted by molar-refractivity contribution is 0.604. The van der Waals surface area contributed by atoms with Gasteiger partial charge in [0.1, 0.15) is 11.5 Å². The van der Waals surface area contributed by atoms with Crippen molar-refractivity contribution in [2.24, 2.45) is 5.73 Å². The largest absolute Gasteiger partial charge is 0.330 e. The maximum atomic E-state index is 14.2. The molecule has 0 aliphatic carbocycles. The highest BCUT2D eigenvalue weighted by Gasteiger charge is 2.16. The normalized spacial score (nSPS) is 11.0. The lowest BCUT2D eigenvalue weighted by Gasteiger charge is -2.12. The molecule has 2 rings (SSSR count). The third-order valence-corrected chi connectivity index (χ3v) is 3.49. The van der Waals surface area contributed by atoms with E-state index in [4.69, 9.17) is 5.73 Å². The summed E-state index contributed by atoms with van der Waals surface area (Å²) in [5.41, 5.74) is 10.2. The Hall–Kier alpha value is -1.68. The third kappa shape index (κ3) is 2.40. The second-order valence-corrected chi connectivity index (χ2v) is 4.70. The molecule has 19 heavy (non-hydrogen) atoms. The van der Waals surface area contributed by atoms with E-state index in [2.05, 4.69) is 12.0 Å². The zero-order chi connectivity index (χ0) is 14.0. The van der Waals surface area contributed by atoms with E-state index in [-0.39, 0.29) is 5.82 Å². The zero-order valence-corrected chi connectivity index (χ0v) is 11.7. The Morgan fingerprint density at radius 1 is 1.32 bits per heavy atom. The fourth-order valence-corrected chi connectivity index (χ4v) is 2.56. The van der Waals surface area contributed by atoms with Gasteiger partial charge < -0.3 is 5.73 Å². The number of hydrogen-bond donors (Lipinski definition) is 1. The molecule has 4 heteroatoms. The first kappa shape index (κ1) is 13.7. The Kier molecular flexibility index (Phi) is 4.00. The molecule has 2 N–H and O–H groups in total. The van der Waals surface area contributed by atoms with Crippen LogP contribution in [0.2, 0.25) is 0 Å². The number of aromatic nitrogens is 2. The summed E-state index contributed by atoms with van der Waals surface area (Å²) in [4.78, 5) is 0. The maximum absolute atomic E-state index is 14.2. The van der Waals surface area contributed by atoms with Gasteiger partial charge in [-0.05, 0) is 50.4 Å². The second kappa shape index (κ2) is 5.53. The van der Waals surface area contributed by atoms with Gasteiger partial charge in [-0.25, -0.2) is 9.07 Å².